The molecule has 4 aliphatic carbocycles. The summed E-state index contributed by atoms with van der Waals surface area (Å²) in [6, 6.07) is 0. The zero-order valence-electron chi connectivity index (χ0n) is 36.4. The summed E-state index contributed by atoms with van der Waals surface area (Å²) in [6.07, 6.45) is 25.4. The molecule has 2 heterocycles. The summed E-state index contributed by atoms with van der Waals surface area (Å²) < 4.78 is 9.99. The lowest BCUT2D eigenvalue weighted by atomic mass is 9.88. The highest BCUT2D eigenvalue weighted by Crippen LogP contribution is 2.25. The first kappa shape index (κ1) is 62.1. The van der Waals surface area contributed by atoms with Crippen LogP contribution < -0.4 is 0 Å². The van der Waals surface area contributed by atoms with E-state index in [1.54, 1.807) is 0 Å². The second-order valence-electron chi connectivity index (χ2n) is 12.6. The Kier molecular flexibility index (Phi) is 76.8. The molecule has 0 spiro atoms. The van der Waals surface area contributed by atoms with Gasteiger partial charge in [-0.3, -0.25) is 0 Å². The molecule has 0 unspecified atom stereocenters. The van der Waals surface area contributed by atoms with Crippen LogP contribution in [0.3, 0.4) is 0 Å². The van der Waals surface area contributed by atoms with E-state index in [-0.39, 0.29) is 7.43 Å². The number of hydrogen-bond acceptors (Lipinski definition) is 2. The van der Waals surface area contributed by atoms with E-state index in [1.807, 2.05) is 83.1 Å². The van der Waals surface area contributed by atoms with E-state index >= 15 is 0 Å². The molecule has 0 radical (unpaired) electrons. The topological polar surface area (TPSA) is 18.5 Å². The third kappa shape index (κ3) is 55.6. The Morgan fingerprint density at radius 2 is 0.553 bits per heavy atom. The van der Waals surface area contributed by atoms with Crippen molar-refractivity contribution in [2.45, 2.75) is 247 Å². The number of rotatable bonds is 0. The van der Waals surface area contributed by atoms with Crippen LogP contribution in [0.15, 0.2) is 0 Å². The lowest BCUT2D eigenvalue weighted by Gasteiger charge is -2.20. The molecule has 4 saturated carbocycles. The Hall–Kier alpha value is -0.0800. The lowest BCUT2D eigenvalue weighted by Crippen LogP contribution is -2.22. The molecular formula is C45H104O2. The molecule has 6 rings (SSSR count). The van der Waals surface area contributed by atoms with Crippen molar-refractivity contribution in [3.63, 3.8) is 0 Å². The van der Waals surface area contributed by atoms with Crippen molar-refractivity contribution in [2.24, 2.45) is 29.6 Å². The van der Waals surface area contributed by atoms with Gasteiger partial charge < -0.3 is 9.47 Å². The highest BCUT2D eigenvalue weighted by atomic mass is 16.5. The van der Waals surface area contributed by atoms with Crippen LogP contribution in [0.5, 0.6) is 0 Å². The molecule has 0 amide bonds. The van der Waals surface area contributed by atoms with E-state index in [9.17, 15) is 0 Å². The van der Waals surface area contributed by atoms with Crippen LogP contribution >= 0.6 is 0 Å². The molecule has 6 aliphatic rings. The Labute approximate surface area is 305 Å². The normalized spacial score (nSPS) is 21.6. The van der Waals surface area contributed by atoms with Crippen LogP contribution in [-0.2, 0) is 9.47 Å². The number of ether oxygens (including phenoxy) is 2. The van der Waals surface area contributed by atoms with Crippen LogP contribution in [-0.4, -0.2) is 25.9 Å². The summed E-state index contributed by atoms with van der Waals surface area (Å²) in [4.78, 5) is 0. The third-order valence-electron chi connectivity index (χ3n) is 8.41. The molecule has 0 aromatic carbocycles. The highest BCUT2D eigenvalue weighted by Gasteiger charge is 2.10. The minimum Gasteiger partial charge on any atom is -0.381 e. The first-order valence-corrected chi connectivity index (χ1v) is 21.6. The van der Waals surface area contributed by atoms with E-state index in [1.165, 1.54) is 109 Å². The van der Waals surface area contributed by atoms with Gasteiger partial charge in [0.1, 0.15) is 0 Å². The Morgan fingerprint density at radius 1 is 0.319 bits per heavy atom. The molecule has 0 bridgehead atoms. The van der Waals surface area contributed by atoms with Gasteiger partial charge in [0, 0.05) is 19.8 Å². The van der Waals surface area contributed by atoms with Crippen molar-refractivity contribution in [3.8, 4) is 0 Å². The van der Waals surface area contributed by atoms with Crippen molar-refractivity contribution < 1.29 is 9.47 Å². The van der Waals surface area contributed by atoms with Crippen LogP contribution in [0.1, 0.15) is 241 Å². The minimum absolute atomic E-state index is 0. The van der Waals surface area contributed by atoms with E-state index in [2.05, 4.69) is 41.5 Å². The van der Waals surface area contributed by atoms with Gasteiger partial charge in [0.05, 0.1) is 6.10 Å². The first-order valence-electron chi connectivity index (χ1n) is 21.6. The van der Waals surface area contributed by atoms with Gasteiger partial charge in [-0.2, -0.15) is 0 Å². The van der Waals surface area contributed by atoms with E-state index in [0.717, 1.165) is 49.4 Å². The molecule has 2 atom stereocenters. The van der Waals surface area contributed by atoms with E-state index in [0.29, 0.717) is 6.10 Å². The van der Waals surface area contributed by atoms with Crippen molar-refractivity contribution in [2.75, 3.05) is 19.8 Å². The molecular weight excluding hydrogens is 572 g/mol. The quantitative estimate of drug-likeness (QED) is 0.254. The zero-order valence-corrected chi connectivity index (χ0v) is 36.4. The van der Waals surface area contributed by atoms with Gasteiger partial charge in [-0.05, 0) is 49.4 Å². The summed E-state index contributed by atoms with van der Waals surface area (Å²) in [5.74, 6) is 5.03. The molecule has 2 saturated heterocycles. The highest BCUT2D eigenvalue weighted by molar-refractivity contribution is 4.63. The molecule has 0 N–H and O–H groups in total. The maximum absolute atomic E-state index is 5.06. The molecule has 6 fully saturated rings. The Bertz CT molecular complexity index is 338. The fourth-order valence-electron chi connectivity index (χ4n) is 5.01. The molecule has 0 aromatic rings. The summed E-state index contributed by atoms with van der Waals surface area (Å²) in [5.41, 5.74) is 0. The molecule has 47 heavy (non-hydrogen) atoms. The Morgan fingerprint density at radius 3 is 0.596 bits per heavy atom. The van der Waals surface area contributed by atoms with Gasteiger partial charge in [0.25, 0.3) is 0 Å². The second kappa shape index (κ2) is 58.1. The largest absolute Gasteiger partial charge is 0.381 e. The van der Waals surface area contributed by atoms with Gasteiger partial charge in [0.2, 0.25) is 0 Å². The maximum Gasteiger partial charge on any atom is 0.0568 e. The van der Waals surface area contributed by atoms with Gasteiger partial charge in [-0.15, -0.1) is 0 Å². The molecule has 296 valence electrons. The predicted molar refractivity (Wildman–Crippen MR) is 225 cm³/mol. The average molecular weight is 677 g/mol. The fourth-order valence-corrected chi connectivity index (χ4v) is 5.01. The summed E-state index contributed by atoms with van der Waals surface area (Å²) in [7, 11) is 0. The van der Waals surface area contributed by atoms with Crippen LogP contribution in [0.2, 0.25) is 0 Å². The smallest absolute Gasteiger partial charge is 0.0568 e. The van der Waals surface area contributed by atoms with Crippen LogP contribution in [0.25, 0.3) is 0 Å². The average Bonchev–Trinajstić information content (AvgIpc) is 3.95. The van der Waals surface area contributed by atoms with Gasteiger partial charge in [-0.25, -0.2) is 0 Å². The Balaban J connectivity index is -0.0000000765. The lowest BCUT2D eigenvalue weighted by molar-refractivity contribution is -0.0375. The first-order chi connectivity index (χ1) is 22.4. The van der Waals surface area contributed by atoms with Crippen molar-refractivity contribution >= 4 is 0 Å². The van der Waals surface area contributed by atoms with E-state index < -0.39 is 0 Å². The van der Waals surface area contributed by atoms with Crippen LogP contribution in [0.4, 0.5) is 0 Å². The standard InChI is InChI=1S/3C6H12.C5H10O.C5H10.C4H8O.6C2H6.CH4/c3*1-6-4-2-3-5-6;1-5-2-3-6-4-5;1-5-3-2-4-5;1-4-2-3-5-4;6*1-2;/h3*6H,2-5H2,1H3;5H,2-4H2,1H3;5H,2-4H2,1H3;4H,2-3H2,1H3;6*1-2H3;1H4/t;;;5-;;4-;;;;;;;/m...1.1......./s1. The second-order valence-corrected chi connectivity index (χ2v) is 12.6. The van der Waals surface area contributed by atoms with Crippen molar-refractivity contribution in [1.29, 1.82) is 0 Å². The third-order valence-corrected chi connectivity index (χ3v) is 8.41. The summed E-state index contributed by atoms with van der Waals surface area (Å²) >= 11 is 0. The van der Waals surface area contributed by atoms with E-state index in [4.69, 9.17) is 9.47 Å². The number of hydrogen-bond donors (Lipinski definition) is 0. The maximum atomic E-state index is 5.06. The molecule has 2 aliphatic heterocycles. The van der Waals surface area contributed by atoms with Gasteiger partial charge in [0.15, 0.2) is 0 Å². The zero-order chi connectivity index (χ0) is 37.0. The fraction of sp³-hybridized carbons (Fsp3) is 1.00. The molecule has 2 heteroatoms. The summed E-state index contributed by atoms with van der Waals surface area (Å²) in [5, 5.41) is 0. The van der Waals surface area contributed by atoms with Gasteiger partial charge >= 0.3 is 0 Å². The molecule has 0 aromatic heterocycles. The SMILES string of the molecule is C.CC.CC.CC.CC.CC.CC.CC1CCC1.CC1CCCC1.CC1CCCC1.CC1CCCC1.C[C@@H]1CCO1.C[C@@H]1CCOC1. The molecule has 2 nitrogen and oxygen atoms in total. The predicted octanol–water partition coefficient (Wildman–Crippen LogP) is 17.0. The van der Waals surface area contributed by atoms with Gasteiger partial charge in [-0.1, -0.05) is 221 Å². The van der Waals surface area contributed by atoms with Crippen molar-refractivity contribution in [1.82, 2.24) is 0 Å². The van der Waals surface area contributed by atoms with Crippen LogP contribution in [0, 0.1) is 29.6 Å². The monoisotopic (exact) mass is 677 g/mol. The minimum atomic E-state index is 0. The summed E-state index contributed by atoms with van der Waals surface area (Å²) in [6.45, 7) is 40.6. The van der Waals surface area contributed by atoms with Crippen molar-refractivity contribution in [3.05, 3.63) is 0 Å².